The number of methoxy groups -OCH3 is 1. The first kappa shape index (κ1) is 25.7. The van der Waals surface area contributed by atoms with Gasteiger partial charge in [-0.05, 0) is 45.6 Å². The fourth-order valence-electron chi connectivity index (χ4n) is 5.36. The van der Waals surface area contributed by atoms with Gasteiger partial charge in [-0.25, -0.2) is 5.32 Å². The summed E-state index contributed by atoms with van der Waals surface area (Å²) in [7, 11) is 1.64. The molecule has 9 atom stereocenters. The zero-order chi connectivity index (χ0) is 24.5. The van der Waals surface area contributed by atoms with Crippen LogP contribution in [0.15, 0.2) is 42.0 Å². The van der Waals surface area contributed by atoms with E-state index in [9.17, 15) is 15.3 Å². The summed E-state index contributed by atoms with van der Waals surface area (Å²) in [4.78, 5) is 0. The molecule has 3 fully saturated rings. The second-order valence-electron chi connectivity index (χ2n) is 9.95. The third-order valence-electron chi connectivity index (χ3n) is 7.27. The highest BCUT2D eigenvalue weighted by Gasteiger charge is 2.72. The molecule has 34 heavy (non-hydrogen) atoms. The van der Waals surface area contributed by atoms with E-state index in [2.05, 4.69) is 37.5 Å². The highest BCUT2D eigenvalue weighted by atomic mass is 16.7. The van der Waals surface area contributed by atoms with Gasteiger partial charge in [0.05, 0.1) is 36.4 Å². The van der Waals surface area contributed by atoms with Gasteiger partial charge in [0.15, 0.2) is 6.35 Å². The van der Waals surface area contributed by atoms with Gasteiger partial charge in [-0.15, -0.1) is 0 Å². The van der Waals surface area contributed by atoms with Crippen LogP contribution in [-0.2, 0) is 18.9 Å². The van der Waals surface area contributed by atoms with Gasteiger partial charge >= 0.3 is 0 Å². The zero-order valence-corrected chi connectivity index (χ0v) is 20.3. The summed E-state index contributed by atoms with van der Waals surface area (Å²) in [5.74, 6) is -0.0468. The summed E-state index contributed by atoms with van der Waals surface area (Å²) in [5, 5.41) is 36.0. The predicted octanol–water partition coefficient (Wildman–Crippen LogP) is 1.50. The van der Waals surface area contributed by atoms with Crippen molar-refractivity contribution in [2.75, 3.05) is 13.7 Å². The van der Waals surface area contributed by atoms with Crippen LogP contribution in [0.25, 0.3) is 0 Å². The number of allylic oxidation sites excluding steroid dienone is 1. The van der Waals surface area contributed by atoms with Crippen LogP contribution in [0.5, 0.6) is 0 Å². The number of aliphatic hydroxyl groups excluding tert-OH is 3. The first-order valence-electron chi connectivity index (χ1n) is 11.9. The number of benzene rings is 1. The van der Waals surface area contributed by atoms with Crippen molar-refractivity contribution in [2.24, 2.45) is 5.92 Å². The third kappa shape index (κ3) is 5.53. The summed E-state index contributed by atoms with van der Waals surface area (Å²) >= 11 is 0. The van der Waals surface area contributed by atoms with E-state index in [1.165, 1.54) is 5.57 Å². The average Bonchev–Trinajstić information content (AvgIpc) is 3.71. The van der Waals surface area contributed by atoms with Crippen LogP contribution in [0.1, 0.15) is 51.8 Å². The maximum Gasteiger partial charge on any atom is 0.216 e. The Bertz CT molecular complexity index is 845. The number of rotatable bonds is 11. The molecule has 4 rings (SSSR count). The standard InChI is InChI=1S/C25H38N2O7/c1-15(2)10-11-18-24(3,34-18)20-19(31-4)17(12-13-25(20)14-32-25)33-23(30)27-22(29)26-21(28)16-8-6-5-7-9-16/h5-10,17-23,26-30H,11-14H2,1-4H3. The molecule has 2 heterocycles. The molecule has 0 radical (unpaired) electrons. The van der Waals surface area contributed by atoms with Crippen LogP contribution >= 0.6 is 0 Å². The molecule has 0 amide bonds. The number of ether oxygens (including phenoxy) is 4. The normalized spacial score (nSPS) is 37.1. The van der Waals surface area contributed by atoms with Gasteiger partial charge in [-0.3, -0.25) is 5.32 Å². The van der Waals surface area contributed by atoms with E-state index in [4.69, 9.17) is 18.9 Å². The minimum atomic E-state index is -1.47. The molecule has 9 unspecified atom stereocenters. The maximum absolute atomic E-state index is 10.5. The fraction of sp³-hybridized carbons (Fsp3) is 0.680. The second-order valence-corrected chi connectivity index (χ2v) is 9.95. The summed E-state index contributed by atoms with van der Waals surface area (Å²) in [6.45, 7) is 6.92. The quantitative estimate of drug-likeness (QED) is 0.183. The SMILES string of the molecule is COC1C(OC(O)NC(O)NC(O)c2ccccc2)CCC2(CO2)C1C1(C)OC1CC=C(C)C. The lowest BCUT2D eigenvalue weighted by Crippen LogP contribution is -2.57. The smallest absolute Gasteiger partial charge is 0.216 e. The Kier molecular flexibility index (Phi) is 7.78. The van der Waals surface area contributed by atoms with Crippen molar-refractivity contribution in [3.05, 3.63) is 47.5 Å². The number of nitrogens with one attached hydrogen (secondary N) is 2. The average molecular weight is 479 g/mol. The van der Waals surface area contributed by atoms with E-state index in [1.54, 1.807) is 31.4 Å². The largest absolute Gasteiger partial charge is 0.378 e. The van der Waals surface area contributed by atoms with E-state index in [-0.39, 0.29) is 23.7 Å². The van der Waals surface area contributed by atoms with Gasteiger partial charge in [0.25, 0.3) is 0 Å². The highest BCUT2D eigenvalue weighted by Crippen LogP contribution is 2.59. The molecule has 1 aliphatic carbocycles. The lowest BCUT2D eigenvalue weighted by Gasteiger charge is -2.43. The van der Waals surface area contributed by atoms with Gasteiger partial charge in [0, 0.05) is 7.11 Å². The van der Waals surface area contributed by atoms with E-state index in [1.807, 2.05) is 6.07 Å². The van der Waals surface area contributed by atoms with Crippen LogP contribution in [0, 0.1) is 5.92 Å². The highest BCUT2D eigenvalue weighted by molar-refractivity contribution is 5.21. The molecule has 9 nitrogen and oxygen atoms in total. The van der Waals surface area contributed by atoms with Gasteiger partial charge in [-0.2, -0.15) is 0 Å². The first-order valence-corrected chi connectivity index (χ1v) is 11.9. The Labute approximate surface area is 201 Å². The van der Waals surface area contributed by atoms with Crippen molar-refractivity contribution in [3.8, 4) is 0 Å². The molecule has 0 aromatic heterocycles. The number of aliphatic hydroxyl groups is 3. The number of hydrogen-bond donors (Lipinski definition) is 5. The Morgan fingerprint density at radius 2 is 1.91 bits per heavy atom. The van der Waals surface area contributed by atoms with Crippen molar-refractivity contribution in [1.29, 1.82) is 0 Å². The summed E-state index contributed by atoms with van der Waals surface area (Å²) in [6, 6.07) is 8.85. The summed E-state index contributed by atoms with van der Waals surface area (Å²) < 4.78 is 23.9. The minimum Gasteiger partial charge on any atom is -0.378 e. The lowest BCUT2D eigenvalue weighted by atomic mass is 9.68. The van der Waals surface area contributed by atoms with Crippen LogP contribution in [0.2, 0.25) is 0 Å². The molecule has 5 N–H and O–H groups in total. The third-order valence-corrected chi connectivity index (χ3v) is 7.27. The number of hydrogen-bond acceptors (Lipinski definition) is 9. The van der Waals surface area contributed by atoms with Crippen LogP contribution in [-0.4, -0.2) is 71.3 Å². The van der Waals surface area contributed by atoms with Crippen molar-refractivity contribution < 1.29 is 34.3 Å². The van der Waals surface area contributed by atoms with Gasteiger partial charge in [0.2, 0.25) is 6.41 Å². The van der Waals surface area contributed by atoms with Crippen LogP contribution < -0.4 is 10.6 Å². The molecule has 190 valence electrons. The molecular weight excluding hydrogens is 440 g/mol. The Hall–Kier alpha value is -1.40. The Morgan fingerprint density at radius 3 is 2.53 bits per heavy atom. The monoisotopic (exact) mass is 478 g/mol. The number of epoxide rings is 2. The van der Waals surface area contributed by atoms with Gasteiger partial charge < -0.3 is 34.3 Å². The van der Waals surface area contributed by atoms with Crippen molar-refractivity contribution in [2.45, 2.75) is 88.5 Å². The molecule has 2 saturated heterocycles. The van der Waals surface area contributed by atoms with E-state index in [0.29, 0.717) is 18.6 Å². The molecule has 1 saturated carbocycles. The van der Waals surface area contributed by atoms with Crippen LogP contribution in [0.4, 0.5) is 0 Å². The van der Waals surface area contributed by atoms with Gasteiger partial charge in [0.1, 0.15) is 11.8 Å². The molecular formula is C25H38N2O7. The van der Waals surface area contributed by atoms with Crippen LogP contribution in [0.3, 0.4) is 0 Å². The van der Waals surface area contributed by atoms with E-state index in [0.717, 1.165) is 12.8 Å². The molecule has 1 aromatic rings. The van der Waals surface area contributed by atoms with E-state index < -0.39 is 30.7 Å². The molecule has 1 aromatic carbocycles. The Balaban J connectivity index is 1.36. The summed E-state index contributed by atoms with van der Waals surface area (Å²) in [5.41, 5.74) is 1.16. The molecule has 1 spiro atoms. The first-order chi connectivity index (χ1) is 16.2. The Morgan fingerprint density at radius 1 is 1.21 bits per heavy atom. The van der Waals surface area contributed by atoms with Crippen molar-refractivity contribution >= 4 is 0 Å². The maximum atomic E-state index is 10.5. The predicted molar refractivity (Wildman–Crippen MR) is 124 cm³/mol. The zero-order valence-electron chi connectivity index (χ0n) is 20.3. The lowest BCUT2D eigenvalue weighted by molar-refractivity contribution is -0.226. The molecule has 0 bridgehead atoms. The molecule has 3 aliphatic rings. The van der Waals surface area contributed by atoms with Crippen molar-refractivity contribution in [1.82, 2.24) is 10.6 Å². The second kappa shape index (κ2) is 10.3. The van der Waals surface area contributed by atoms with E-state index >= 15 is 0 Å². The van der Waals surface area contributed by atoms with Crippen molar-refractivity contribution in [3.63, 3.8) is 0 Å². The van der Waals surface area contributed by atoms with Gasteiger partial charge in [-0.1, -0.05) is 42.0 Å². The summed E-state index contributed by atoms with van der Waals surface area (Å²) in [6.07, 6.45) is -0.260. The fourth-order valence-corrected chi connectivity index (χ4v) is 5.36. The topological polar surface area (TPSA) is 128 Å². The minimum absolute atomic E-state index is 0.0468. The molecule has 9 heteroatoms. The molecule has 2 aliphatic heterocycles.